The van der Waals surface area contributed by atoms with Crippen molar-refractivity contribution in [3.05, 3.63) is 0 Å². The summed E-state index contributed by atoms with van der Waals surface area (Å²) >= 11 is 0. The lowest BCUT2D eigenvalue weighted by molar-refractivity contribution is -0.808. The molecule has 0 aromatic carbocycles. The van der Waals surface area contributed by atoms with Crippen LogP contribution in [0.4, 0.5) is 0 Å². The molecule has 0 bridgehead atoms. The van der Waals surface area contributed by atoms with Gasteiger partial charge in [0.15, 0.2) is 12.4 Å². The van der Waals surface area contributed by atoms with Gasteiger partial charge in [-0.3, -0.25) is 9.83 Å². The lowest BCUT2D eigenvalue weighted by Gasteiger charge is -2.41. The largest absolute Gasteiger partial charge is 0.692 e. The summed E-state index contributed by atoms with van der Waals surface area (Å²) in [6, 6.07) is -1.28. The molecule has 322 valence electrons. The Labute approximate surface area is 366 Å². The number of hydrogen-bond acceptors (Lipinski definition) is 11. The van der Waals surface area contributed by atoms with Crippen molar-refractivity contribution in [3.8, 4) is 142 Å². The van der Waals surface area contributed by atoms with Crippen molar-refractivity contribution in [2.24, 2.45) is 0 Å². The van der Waals surface area contributed by atoms with Crippen molar-refractivity contribution in [1.82, 2.24) is 5.32 Å². The zero-order chi connectivity index (χ0) is 45.3. The zero-order valence-corrected chi connectivity index (χ0v) is 34.9. The Morgan fingerprint density at radius 1 is 0.645 bits per heavy atom. The van der Waals surface area contributed by atoms with E-state index in [2.05, 4.69) is 164 Å². The molecule has 5 unspecified atom stereocenters. The predicted molar refractivity (Wildman–Crippen MR) is 228 cm³/mol. The van der Waals surface area contributed by atoms with Gasteiger partial charge in [-0.2, -0.15) is 0 Å². The fourth-order valence-electron chi connectivity index (χ4n) is 5.39. The van der Waals surface area contributed by atoms with E-state index in [1.807, 2.05) is 0 Å². The standard InChI is InChI=1S/C50H51NO11/c1-3-5-7-9-11-13-15-17-18-19-20-21-22-23-24-25-26-27-29-31-33-35-37-39-45(54)51-42(41-59-50-48(57)49(61-62-58)47(56)44(40-52)60-50)46(55)43(53)38-36-34-32-30-28-16-14-12-10-8-6-4-2/h42-44,46-50,52-53,55-58H,4,6,8,10,12,14,16,28,30,32,34,36,38,40-41H2,1-2H3,(H,51,54)/p-1/t42-,43+,44?,46-,47?,48?,49?,50?/m0/s1. The average Bonchev–Trinajstić information content (AvgIpc) is 3.27. The number of aliphatic hydroxyl groups excluding tert-OH is 5. The monoisotopic (exact) mass is 840 g/mol. The molecule has 1 amide bonds. The van der Waals surface area contributed by atoms with E-state index in [1.165, 1.54) is 44.9 Å². The molecule has 1 fully saturated rings. The Morgan fingerprint density at radius 2 is 1.06 bits per heavy atom. The highest BCUT2D eigenvalue weighted by atomic mass is 17.5. The van der Waals surface area contributed by atoms with Gasteiger partial charge in [0.2, 0.25) is 0 Å². The molecule has 1 aliphatic heterocycles. The van der Waals surface area contributed by atoms with Crippen LogP contribution in [0.3, 0.4) is 0 Å². The lowest BCUT2D eigenvalue weighted by Crippen LogP contribution is -2.61. The van der Waals surface area contributed by atoms with E-state index < -0.39 is 68.1 Å². The summed E-state index contributed by atoms with van der Waals surface area (Å²) in [4.78, 5) is 17.1. The first-order valence-corrected chi connectivity index (χ1v) is 20.1. The maximum absolute atomic E-state index is 12.7. The molecule has 0 aromatic rings. The molecule has 1 aliphatic rings. The molecule has 0 radical (unpaired) electrons. The van der Waals surface area contributed by atoms with Crippen LogP contribution >= 0.6 is 0 Å². The second-order valence-electron chi connectivity index (χ2n) is 13.1. The van der Waals surface area contributed by atoms with Crippen LogP contribution in [-0.4, -0.2) is 93.6 Å². The molecule has 12 nitrogen and oxygen atoms in total. The normalized spacial score (nSPS) is 17.6. The van der Waals surface area contributed by atoms with Gasteiger partial charge in [0.05, 0.1) is 25.4 Å². The maximum atomic E-state index is 12.7. The summed E-state index contributed by atoms with van der Waals surface area (Å²) in [5.74, 6) is 58.2. The van der Waals surface area contributed by atoms with Crippen molar-refractivity contribution >= 4 is 5.91 Å². The van der Waals surface area contributed by atoms with Gasteiger partial charge in [-0.1, -0.05) is 89.9 Å². The number of aliphatic hydroxyl groups is 5. The summed E-state index contributed by atoms with van der Waals surface area (Å²) < 4.78 is 11.0. The van der Waals surface area contributed by atoms with Gasteiger partial charge in [0.25, 0.3) is 5.91 Å². The third-order valence-corrected chi connectivity index (χ3v) is 8.50. The molecule has 0 aliphatic carbocycles. The van der Waals surface area contributed by atoms with Gasteiger partial charge in [-0.25, -0.2) is 4.89 Å². The number of carbonyl (C=O) groups excluding carboxylic acids is 1. The van der Waals surface area contributed by atoms with Gasteiger partial charge in [-0.05, 0) is 108 Å². The second kappa shape index (κ2) is 37.8. The molecule has 6 N–H and O–H groups in total. The van der Waals surface area contributed by atoms with E-state index >= 15 is 0 Å². The van der Waals surface area contributed by atoms with Crippen LogP contribution in [0.25, 0.3) is 0 Å². The molecule has 0 aromatic heterocycles. The smallest absolute Gasteiger partial charge is 0.297 e. The highest BCUT2D eigenvalue weighted by molar-refractivity contribution is 5.94. The van der Waals surface area contributed by atoms with Crippen LogP contribution in [0.1, 0.15) is 97.3 Å². The molecule has 62 heavy (non-hydrogen) atoms. The van der Waals surface area contributed by atoms with Crippen LogP contribution in [0.15, 0.2) is 0 Å². The molecule has 0 spiro atoms. The summed E-state index contributed by atoms with van der Waals surface area (Å²) in [6.45, 7) is 2.60. The molecule has 1 rings (SSSR count). The van der Waals surface area contributed by atoms with Crippen molar-refractivity contribution in [2.75, 3.05) is 13.2 Å². The van der Waals surface area contributed by atoms with E-state index in [9.17, 15) is 35.6 Å². The quantitative estimate of drug-likeness (QED) is 0.0383. The minimum absolute atomic E-state index is 0.229. The third kappa shape index (κ3) is 26.8. The van der Waals surface area contributed by atoms with Crippen molar-refractivity contribution in [3.63, 3.8) is 0 Å². The minimum Gasteiger partial charge on any atom is -0.692 e. The van der Waals surface area contributed by atoms with Crippen molar-refractivity contribution in [2.45, 2.75) is 146 Å². The Kier molecular flexibility index (Phi) is 32.8. The second-order valence-corrected chi connectivity index (χ2v) is 13.1. The molecule has 1 heterocycles. The first-order chi connectivity index (χ1) is 30.3. The Morgan fingerprint density at radius 3 is 1.48 bits per heavy atom. The van der Waals surface area contributed by atoms with Gasteiger partial charge in [-0.15, -0.1) is 0 Å². The molecule has 8 atom stereocenters. The van der Waals surface area contributed by atoms with E-state index in [0.29, 0.717) is 6.42 Å². The summed E-state index contributed by atoms with van der Waals surface area (Å²) in [5, 5.41) is 68.8. The van der Waals surface area contributed by atoms with Gasteiger partial charge in [0.1, 0.15) is 24.4 Å². The lowest BCUT2D eigenvalue weighted by atomic mass is 9.98. The maximum Gasteiger partial charge on any atom is 0.297 e. The van der Waals surface area contributed by atoms with E-state index in [-0.39, 0.29) is 6.42 Å². The number of rotatable bonds is 22. The average molecular weight is 841 g/mol. The van der Waals surface area contributed by atoms with Crippen LogP contribution < -0.4 is 10.6 Å². The molecular weight excluding hydrogens is 791 g/mol. The van der Waals surface area contributed by atoms with Gasteiger partial charge < -0.3 is 45.6 Å². The zero-order valence-electron chi connectivity index (χ0n) is 34.9. The number of hydrogen-bond donors (Lipinski definition) is 6. The summed E-state index contributed by atoms with van der Waals surface area (Å²) in [6.07, 6.45) is 2.87. The van der Waals surface area contributed by atoms with Gasteiger partial charge >= 0.3 is 0 Å². The number of carbonyl (C=O) groups is 1. The van der Waals surface area contributed by atoms with E-state index in [1.54, 1.807) is 6.92 Å². The molecule has 0 saturated carbocycles. The van der Waals surface area contributed by atoms with Crippen LogP contribution in [0.5, 0.6) is 0 Å². The third-order valence-electron chi connectivity index (χ3n) is 8.50. The Bertz CT molecular complexity index is 2180. The number of amides is 1. The van der Waals surface area contributed by atoms with Crippen LogP contribution in [-0.2, 0) is 24.2 Å². The first-order valence-electron chi connectivity index (χ1n) is 20.1. The van der Waals surface area contributed by atoms with E-state index in [0.717, 1.165) is 25.7 Å². The SMILES string of the molecule is CC#CC#CC#CC#CC#CC#CC#CC#CC#CC#CC#CC#CC(=O)N[C@@H](COC1OC(CO)C(O)C(OO[O-])C1O)[C@H](O)[C@H](O)CCCCCCCCCCCCCC. The van der Waals surface area contributed by atoms with E-state index in [4.69, 9.17) is 9.47 Å². The predicted octanol–water partition coefficient (Wildman–Crippen LogP) is 0.393. The Hall–Kier alpha value is -6.21. The van der Waals surface area contributed by atoms with Gasteiger partial charge in [0, 0.05) is 41.4 Å². The Balaban J connectivity index is 2.80. The van der Waals surface area contributed by atoms with Crippen LogP contribution in [0, 0.1) is 142 Å². The first kappa shape index (κ1) is 53.8. The fourth-order valence-corrected chi connectivity index (χ4v) is 5.39. The topological polar surface area (TPSA) is 190 Å². The van der Waals surface area contributed by atoms with Crippen molar-refractivity contribution < 1.29 is 55.0 Å². The number of unbranched alkanes of at least 4 members (excludes halogenated alkanes) is 11. The molecular formula is C50H50NO11-. The molecule has 12 heteroatoms. The summed E-state index contributed by atoms with van der Waals surface area (Å²) in [7, 11) is 0. The highest BCUT2D eigenvalue weighted by Gasteiger charge is 2.46. The minimum atomic E-state index is -1.79. The summed E-state index contributed by atoms with van der Waals surface area (Å²) in [5.41, 5.74) is 0. The van der Waals surface area contributed by atoms with Crippen LogP contribution in [0.2, 0.25) is 0 Å². The molecule has 1 saturated heterocycles. The van der Waals surface area contributed by atoms with Crippen molar-refractivity contribution in [1.29, 1.82) is 0 Å². The fraction of sp³-hybridized carbons (Fsp3) is 0.500. The number of ether oxygens (including phenoxy) is 2. The highest BCUT2D eigenvalue weighted by Crippen LogP contribution is 2.25. The number of nitrogens with one attached hydrogen (secondary N) is 1.